The van der Waals surface area contributed by atoms with Crippen molar-refractivity contribution < 1.29 is 9.53 Å². The molecule has 6 heteroatoms. The molecule has 0 aromatic rings. The number of fused-ring (bicyclic) bond motifs is 2. The third-order valence-corrected chi connectivity index (χ3v) is 3.94. The first-order chi connectivity index (χ1) is 9.30. The summed E-state index contributed by atoms with van der Waals surface area (Å²) in [6.07, 6.45) is 3.66. The summed E-state index contributed by atoms with van der Waals surface area (Å²) in [6.45, 7) is 5.69. The van der Waals surface area contributed by atoms with Gasteiger partial charge in [0, 0.05) is 25.2 Å². The summed E-state index contributed by atoms with van der Waals surface area (Å²) < 4.78 is 5.51. The summed E-state index contributed by atoms with van der Waals surface area (Å²) in [5, 5.41) is 13.6. The molecule has 0 aromatic carbocycles. The Morgan fingerprint density at radius 1 is 1.25 bits per heavy atom. The van der Waals surface area contributed by atoms with Crippen molar-refractivity contribution in [3.63, 3.8) is 0 Å². The normalized spacial score (nSPS) is 29.0. The van der Waals surface area contributed by atoms with Gasteiger partial charge >= 0.3 is 6.09 Å². The van der Waals surface area contributed by atoms with Crippen LogP contribution in [0.4, 0.5) is 4.79 Å². The predicted octanol–water partition coefficient (Wildman–Crippen LogP) is 1.66. The zero-order chi connectivity index (χ0) is 14.9. The highest BCUT2D eigenvalue weighted by Gasteiger charge is 2.44. The Hall–Kier alpha value is -1.46. The van der Waals surface area contributed by atoms with E-state index < -0.39 is 5.60 Å². The lowest BCUT2D eigenvalue weighted by Gasteiger charge is -2.39. The van der Waals surface area contributed by atoms with Gasteiger partial charge < -0.3 is 20.3 Å². The summed E-state index contributed by atoms with van der Waals surface area (Å²) in [5.41, 5.74) is -0.445. The number of hydrogen-bond acceptors (Lipinski definition) is 3. The Balaban J connectivity index is 1.96. The third-order valence-electron chi connectivity index (χ3n) is 3.94. The minimum Gasteiger partial charge on any atom is -0.444 e. The number of hydrogen-bond donors (Lipinski definition) is 3. The SMILES string of the molecule is CNC(=N)N[C@@H]1C[C@H]2CC[C@@H](C1)N2C(=O)OC(C)(C)C. The highest BCUT2D eigenvalue weighted by Crippen LogP contribution is 2.36. The second kappa shape index (κ2) is 5.50. The van der Waals surface area contributed by atoms with E-state index >= 15 is 0 Å². The Kier molecular flexibility index (Phi) is 4.11. The number of guanidine groups is 1. The fraction of sp³-hybridized carbons (Fsp3) is 0.857. The number of carbonyl (C=O) groups is 1. The second-order valence-electron chi connectivity index (χ2n) is 6.71. The lowest BCUT2D eigenvalue weighted by molar-refractivity contribution is 0.00545. The number of piperidine rings is 1. The van der Waals surface area contributed by atoms with Crippen LogP contribution in [-0.2, 0) is 4.74 Å². The molecule has 0 unspecified atom stereocenters. The molecule has 2 fully saturated rings. The quantitative estimate of drug-likeness (QED) is 0.505. The number of nitrogens with zero attached hydrogens (tertiary/aromatic N) is 1. The maximum absolute atomic E-state index is 12.3. The van der Waals surface area contributed by atoms with E-state index in [0.29, 0.717) is 5.96 Å². The molecule has 6 nitrogen and oxygen atoms in total. The minimum atomic E-state index is -0.445. The number of ether oxygens (including phenoxy) is 1. The Morgan fingerprint density at radius 2 is 1.80 bits per heavy atom. The first kappa shape index (κ1) is 14.9. The molecule has 2 aliphatic heterocycles. The summed E-state index contributed by atoms with van der Waals surface area (Å²) in [7, 11) is 1.74. The van der Waals surface area contributed by atoms with Gasteiger partial charge in [0.1, 0.15) is 5.60 Å². The molecule has 0 saturated carbocycles. The maximum Gasteiger partial charge on any atom is 0.410 e. The Morgan fingerprint density at radius 3 is 2.25 bits per heavy atom. The van der Waals surface area contributed by atoms with Crippen LogP contribution < -0.4 is 10.6 Å². The molecule has 0 spiro atoms. The van der Waals surface area contributed by atoms with Gasteiger partial charge in [0.15, 0.2) is 5.96 Å². The average molecular weight is 282 g/mol. The molecule has 0 aliphatic carbocycles. The monoisotopic (exact) mass is 282 g/mol. The Labute approximate surface area is 120 Å². The van der Waals surface area contributed by atoms with E-state index in [1.807, 2.05) is 25.7 Å². The number of amides is 1. The van der Waals surface area contributed by atoms with Crippen LogP contribution in [0.2, 0.25) is 0 Å². The van der Waals surface area contributed by atoms with Gasteiger partial charge in [-0.05, 0) is 46.5 Å². The number of rotatable bonds is 1. The van der Waals surface area contributed by atoms with Crippen LogP contribution in [0.1, 0.15) is 46.5 Å². The molecule has 2 rings (SSSR count). The third kappa shape index (κ3) is 3.35. The highest BCUT2D eigenvalue weighted by molar-refractivity contribution is 5.76. The summed E-state index contributed by atoms with van der Waals surface area (Å²) >= 11 is 0. The van der Waals surface area contributed by atoms with Crippen molar-refractivity contribution >= 4 is 12.1 Å². The molecule has 114 valence electrons. The van der Waals surface area contributed by atoms with Gasteiger partial charge in [0.2, 0.25) is 0 Å². The van der Waals surface area contributed by atoms with Gasteiger partial charge in [-0.25, -0.2) is 4.79 Å². The fourth-order valence-electron chi connectivity index (χ4n) is 3.18. The van der Waals surface area contributed by atoms with E-state index in [9.17, 15) is 4.79 Å². The topological polar surface area (TPSA) is 77.5 Å². The summed E-state index contributed by atoms with van der Waals surface area (Å²) in [6, 6.07) is 0.752. The molecule has 2 aliphatic rings. The lowest BCUT2D eigenvalue weighted by Crippen LogP contribution is -2.54. The summed E-state index contributed by atoms with van der Waals surface area (Å²) in [5.74, 6) is 0.347. The standard InChI is InChI=1S/C14H26N4O2/c1-14(2,3)20-13(19)18-10-5-6-11(18)8-9(7-10)17-12(15)16-4/h9-11H,5-8H2,1-4H3,(H3,15,16,17)/t9-,10-,11+. The highest BCUT2D eigenvalue weighted by atomic mass is 16.6. The smallest absolute Gasteiger partial charge is 0.410 e. The molecule has 20 heavy (non-hydrogen) atoms. The largest absolute Gasteiger partial charge is 0.444 e. The van der Waals surface area contributed by atoms with Crippen molar-refractivity contribution in [2.24, 2.45) is 0 Å². The predicted molar refractivity (Wildman–Crippen MR) is 77.8 cm³/mol. The minimum absolute atomic E-state index is 0.188. The van der Waals surface area contributed by atoms with Crippen molar-refractivity contribution in [3.05, 3.63) is 0 Å². The fourth-order valence-corrected chi connectivity index (χ4v) is 3.18. The molecule has 2 heterocycles. The first-order valence-corrected chi connectivity index (χ1v) is 7.34. The van der Waals surface area contributed by atoms with Crippen LogP contribution in [0.5, 0.6) is 0 Å². The lowest BCUT2D eigenvalue weighted by atomic mass is 9.98. The van der Waals surface area contributed by atoms with Crippen LogP contribution in [0, 0.1) is 5.41 Å². The second-order valence-corrected chi connectivity index (χ2v) is 6.71. The van der Waals surface area contributed by atoms with Crippen molar-refractivity contribution in [1.29, 1.82) is 5.41 Å². The molecule has 0 radical (unpaired) electrons. The zero-order valence-corrected chi connectivity index (χ0v) is 12.8. The molecule has 0 aromatic heterocycles. The van der Waals surface area contributed by atoms with E-state index in [-0.39, 0.29) is 24.2 Å². The average Bonchev–Trinajstić information content (AvgIpc) is 2.59. The Bertz CT molecular complexity index is 377. The van der Waals surface area contributed by atoms with Gasteiger partial charge in [-0.2, -0.15) is 0 Å². The van der Waals surface area contributed by atoms with E-state index in [1.165, 1.54) is 0 Å². The van der Waals surface area contributed by atoms with Gasteiger partial charge in [0.25, 0.3) is 0 Å². The van der Waals surface area contributed by atoms with Crippen molar-refractivity contribution in [1.82, 2.24) is 15.5 Å². The van der Waals surface area contributed by atoms with Gasteiger partial charge in [0.05, 0.1) is 0 Å². The van der Waals surface area contributed by atoms with Crippen LogP contribution in [0.15, 0.2) is 0 Å². The molecular formula is C14H26N4O2. The van der Waals surface area contributed by atoms with Crippen molar-refractivity contribution in [3.8, 4) is 0 Å². The molecule has 3 N–H and O–H groups in total. The molecule has 3 atom stereocenters. The van der Waals surface area contributed by atoms with E-state index in [4.69, 9.17) is 10.1 Å². The molecule has 1 amide bonds. The van der Waals surface area contributed by atoms with E-state index in [1.54, 1.807) is 7.05 Å². The summed E-state index contributed by atoms with van der Waals surface area (Å²) in [4.78, 5) is 14.2. The van der Waals surface area contributed by atoms with Crippen molar-refractivity contribution in [2.45, 2.75) is 70.2 Å². The maximum atomic E-state index is 12.3. The number of carbonyl (C=O) groups excluding carboxylic acids is 1. The molecule has 2 saturated heterocycles. The molecular weight excluding hydrogens is 256 g/mol. The van der Waals surface area contributed by atoms with Gasteiger partial charge in [-0.1, -0.05) is 0 Å². The zero-order valence-electron chi connectivity index (χ0n) is 12.8. The van der Waals surface area contributed by atoms with Gasteiger partial charge in [-0.15, -0.1) is 0 Å². The first-order valence-electron chi connectivity index (χ1n) is 7.34. The van der Waals surface area contributed by atoms with Gasteiger partial charge in [-0.3, -0.25) is 5.41 Å². The van der Waals surface area contributed by atoms with Crippen LogP contribution >= 0.6 is 0 Å². The van der Waals surface area contributed by atoms with Crippen LogP contribution in [-0.4, -0.2) is 47.7 Å². The number of nitrogens with one attached hydrogen (secondary N) is 3. The molecule has 2 bridgehead atoms. The van der Waals surface area contributed by atoms with Crippen molar-refractivity contribution in [2.75, 3.05) is 7.05 Å². The van der Waals surface area contributed by atoms with E-state index in [0.717, 1.165) is 25.7 Å². The van der Waals surface area contributed by atoms with Crippen LogP contribution in [0.25, 0.3) is 0 Å². The van der Waals surface area contributed by atoms with E-state index in [2.05, 4.69) is 10.6 Å². The van der Waals surface area contributed by atoms with Crippen LogP contribution in [0.3, 0.4) is 0 Å².